The van der Waals surface area contributed by atoms with E-state index in [0.29, 0.717) is 18.4 Å². The summed E-state index contributed by atoms with van der Waals surface area (Å²) in [5, 5.41) is 12.8. The van der Waals surface area contributed by atoms with E-state index < -0.39 is 11.5 Å². The predicted octanol–water partition coefficient (Wildman–Crippen LogP) is 2.58. The monoisotopic (exact) mass is 284 g/mol. The lowest BCUT2D eigenvalue weighted by Gasteiger charge is -2.35. The van der Waals surface area contributed by atoms with E-state index in [9.17, 15) is 9.90 Å². The molecule has 2 N–H and O–H groups in total. The van der Waals surface area contributed by atoms with Gasteiger partial charge in [-0.2, -0.15) is 0 Å². The summed E-state index contributed by atoms with van der Waals surface area (Å²) in [6.45, 7) is 14.7. The van der Waals surface area contributed by atoms with E-state index in [1.165, 1.54) is 6.42 Å². The van der Waals surface area contributed by atoms with Crippen molar-refractivity contribution in [3.8, 4) is 0 Å². The van der Waals surface area contributed by atoms with E-state index in [1.807, 2.05) is 20.8 Å². The van der Waals surface area contributed by atoms with Crippen molar-refractivity contribution in [1.82, 2.24) is 10.2 Å². The molecular formula is C16H32N2O2. The van der Waals surface area contributed by atoms with Crippen molar-refractivity contribution in [2.45, 2.75) is 72.0 Å². The maximum absolute atomic E-state index is 11.6. The Balaban J connectivity index is 2.63. The Hall–Kier alpha value is -0.610. The molecule has 1 fully saturated rings. The zero-order valence-electron chi connectivity index (χ0n) is 13.9. The predicted molar refractivity (Wildman–Crippen MR) is 82.9 cm³/mol. The molecule has 0 saturated carbocycles. The normalized spacial score (nSPS) is 25.1. The molecule has 4 nitrogen and oxygen atoms in total. The molecule has 0 radical (unpaired) electrons. The maximum Gasteiger partial charge on any atom is 0.323 e. The van der Waals surface area contributed by atoms with Crippen LogP contribution in [0.15, 0.2) is 0 Å². The molecule has 0 aromatic heterocycles. The minimum atomic E-state index is -0.844. The van der Waals surface area contributed by atoms with Crippen molar-refractivity contribution in [1.29, 1.82) is 0 Å². The van der Waals surface area contributed by atoms with Gasteiger partial charge in [0.25, 0.3) is 0 Å². The molecule has 1 aliphatic heterocycles. The molecule has 1 aliphatic rings. The summed E-state index contributed by atoms with van der Waals surface area (Å²) < 4.78 is 0. The van der Waals surface area contributed by atoms with Crippen LogP contribution in [0.1, 0.15) is 54.4 Å². The van der Waals surface area contributed by atoms with Crippen molar-refractivity contribution >= 4 is 5.97 Å². The van der Waals surface area contributed by atoms with Crippen LogP contribution >= 0.6 is 0 Å². The number of carboxylic acid groups (broad SMARTS) is 1. The van der Waals surface area contributed by atoms with Crippen molar-refractivity contribution in [2.24, 2.45) is 11.8 Å². The minimum absolute atomic E-state index is 0.172. The Morgan fingerprint density at radius 1 is 1.35 bits per heavy atom. The smallest absolute Gasteiger partial charge is 0.323 e. The van der Waals surface area contributed by atoms with Crippen LogP contribution in [0.5, 0.6) is 0 Å². The molecule has 1 rings (SSSR count). The summed E-state index contributed by atoms with van der Waals surface area (Å²) in [4.78, 5) is 14.1. The number of carboxylic acids is 1. The topological polar surface area (TPSA) is 52.6 Å². The highest BCUT2D eigenvalue weighted by molar-refractivity contribution is 5.78. The molecule has 0 amide bonds. The third-order valence-electron chi connectivity index (χ3n) is 4.61. The lowest BCUT2D eigenvalue weighted by atomic mass is 9.92. The lowest BCUT2D eigenvalue weighted by molar-refractivity contribution is -0.145. The minimum Gasteiger partial charge on any atom is -0.480 e. The van der Waals surface area contributed by atoms with Crippen LogP contribution < -0.4 is 5.32 Å². The molecule has 0 spiro atoms. The van der Waals surface area contributed by atoms with Crippen LogP contribution in [-0.4, -0.2) is 46.7 Å². The van der Waals surface area contributed by atoms with Gasteiger partial charge in [-0.1, -0.05) is 13.8 Å². The van der Waals surface area contributed by atoms with Crippen LogP contribution in [-0.2, 0) is 4.79 Å². The number of likely N-dealkylation sites (tertiary alicyclic amines) is 1. The van der Waals surface area contributed by atoms with Gasteiger partial charge in [0.2, 0.25) is 0 Å². The summed E-state index contributed by atoms with van der Waals surface area (Å²) in [5.74, 6) is 0.719. The summed E-state index contributed by atoms with van der Waals surface area (Å²) in [5.41, 5.74) is -0.844. The summed E-state index contributed by atoms with van der Waals surface area (Å²) in [6.07, 6.45) is 1.88. The van der Waals surface area contributed by atoms with Crippen LogP contribution in [0.25, 0.3) is 0 Å². The number of hydrogen-bond donors (Lipinski definition) is 2. The third kappa shape index (κ3) is 4.45. The van der Waals surface area contributed by atoms with E-state index in [1.54, 1.807) is 0 Å². The Morgan fingerprint density at radius 2 is 1.95 bits per heavy atom. The first-order valence-electron chi connectivity index (χ1n) is 7.91. The average Bonchev–Trinajstić information content (AvgIpc) is 2.76. The van der Waals surface area contributed by atoms with Gasteiger partial charge in [-0.15, -0.1) is 0 Å². The number of hydrogen-bond acceptors (Lipinski definition) is 3. The van der Waals surface area contributed by atoms with Gasteiger partial charge in [-0.05, 0) is 58.9 Å². The number of carbonyl (C=O) groups is 1. The van der Waals surface area contributed by atoms with Crippen LogP contribution in [0.2, 0.25) is 0 Å². The largest absolute Gasteiger partial charge is 0.480 e. The first-order valence-corrected chi connectivity index (χ1v) is 7.91. The molecule has 1 saturated heterocycles. The average molecular weight is 284 g/mol. The fourth-order valence-electron chi connectivity index (χ4n) is 3.32. The number of aliphatic carboxylic acids is 1. The van der Waals surface area contributed by atoms with E-state index in [0.717, 1.165) is 19.0 Å². The molecule has 1 heterocycles. The van der Waals surface area contributed by atoms with Crippen molar-refractivity contribution in [3.63, 3.8) is 0 Å². The van der Waals surface area contributed by atoms with Gasteiger partial charge in [0.1, 0.15) is 5.54 Å². The highest BCUT2D eigenvalue weighted by atomic mass is 16.4. The second kappa shape index (κ2) is 6.90. The van der Waals surface area contributed by atoms with Gasteiger partial charge in [-0.3, -0.25) is 10.1 Å². The summed E-state index contributed by atoms with van der Waals surface area (Å²) in [6, 6.07) is 0.469. The standard InChI is InChI=1S/C16H32N2O2/c1-11(2)14-7-8-18(10-14)13(5)9-16(6,15(19)20)17-12(3)4/h11-14,17H,7-10H2,1-6H3,(H,19,20). The zero-order valence-corrected chi connectivity index (χ0v) is 13.9. The van der Waals surface area contributed by atoms with Gasteiger partial charge < -0.3 is 10.0 Å². The second-order valence-electron chi connectivity index (χ2n) is 7.28. The zero-order chi connectivity index (χ0) is 15.5. The van der Waals surface area contributed by atoms with Crippen molar-refractivity contribution < 1.29 is 9.90 Å². The summed E-state index contributed by atoms with van der Waals surface area (Å²) >= 11 is 0. The third-order valence-corrected chi connectivity index (χ3v) is 4.61. The number of nitrogens with one attached hydrogen (secondary N) is 1. The van der Waals surface area contributed by atoms with Crippen LogP contribution in [0.4, 0.5) is 0 Å². The Morgan fingerprint density at radius 3 is 2.35 bits per heavy atom. The first-order chi connectivity index (χ1) is 9.15. The van der Waals surface area contributed by atoms with Gasteiger partial charge in [0.05, 0.1) is 0 Å². The van der Waals surface area contributed by atoms with E-state index in [-0.39, 0.29) is 6.04 Å². The first kappa shape index (κ1) is 17.4. The van der Waals surface area contributed by atoms with Gasteiger partial charge in [0, 0.05) is 18.6 Å². The lowest BCUT2D eigenvalue weighted by Crippen LogP contribution is -2.55. The maximum atomic E-state index is 11.6. The molecule has 0 aliphatic carbocycles. The molecule has 0 aromatic rings. The van der Waals surface area contributed by atoms with Gasteiger partial charge in [0.15, 0.2) is 0 Å². The molecule has 20 heavy (non-hydrogen) atoms. The second-order valence-corrected chi connectivity index (χ2v) is 7.28. The van der Waals surface area contributed by atoms with Crippen molar-refractivity contribution in [3.05, 3.63) is 0 Å². The molecule has 0 aromatic carbocycles. The molecule has 3 unspecified atom stereocenters. The fraction of sp³-hybridized carbons (Fsp3) is 0.938. The van der Waals surface area contributed by atoms with Gasteiger partial charge >= 0.3 is 5.97 Å². The van der Waals surface area contributed by atoms with E-state index in [2.05, 4.69) is 31.0 Å². The Kier molecular flexibility index (Phi) is 6.02. The summed E-state index contributed by atoms with van der Waals surface area (Å²) in [7, 11) is 0. The van der Waals surface area contributed by atoms with E-state index >= 15 is 0 Å². The molecule has 118 valence electrons. The molecule has 3 atom stereocenters. The highest BCUT2D eigenvalue weighted by Crippen LogP contribution is 2.27. The molecular weight excluding hydrogens is 252 g/mol. The fourth-order valence-corrected chi connectivity index (χ4v) is 3.32. The Bertz CT molecular complexity index is 330. The number of rotatable bonds is 7. The van der Waals surface area contributed by atoms with Crippen molar-refractivity contribution in [2.75, 3.05) is 13.1 Å². The van der Waals surface area contributed by atoms with Crippen LogP contribution in [0.3, 0.4) is 0 Å². The highest BCUT2D eigenvalue weighted by Gasteiger charge is 2.38. The Labute approximate surface area is 123 Å². The van der Waals surface area contributed by atoms with Crippen LogP contribution in [0, 0.1) is 11.8 Å². The van der Waals surface area contributed by atoms with E-state index in [4.69, 9.17) is 0 Å². The quantitative estimate of drug-likeness (QED) is 0.754. The SMILES string of the molecule is CC(C)NC(C)(CC(C)N1CCC(C(C)C)C1)C(=O)O. The molecule has 4 heteroatoms. The van der Waals surface area contributed by atoms with Gasteiger partial charge in [-0.25, -0.2) is 0 Å². The molecule has 0 bridgehead atoms. The number of nitrogens with zero attached hydrogens (tertiary/aromatic N) is 1.